The molecule has 1 aromatic heterocycles. The van der Waals surface area contributed by atoms with Gasteiger partial charge in [-0.05, 0) is 31.4 Å². The number of anilines is 1. The van der Waals surface area contributed by atoms with Gasteiger partial charge in [-0.2, -0.15) is 0 Å². The van der Waals surface area contributed by atoms with E-state index in [0.29, 0.717) is 11.7 Å². The highest BCUT2D eigenvalue weighted by Gasteiger charge is 2.27. The van der Waals surface area contributed by atoms with Gasteiger partial charge in [-0.15, -0.1) is 0 Å². The molecule has 1 saturated heterocycles. The van der Waals surface area contributed by atoms with Gasteiger partial charge in [0.1, 0.15) is 5.69 Å². The summed E-state index contributed by atoms with van der Waals surface area (Å²) in [5.74, 6) is -1.08. The predicted octanol–water partition coefficient (Wildman–Crippen LogP) is 2.19. The Labute approximate surface area is 111 Å². The van der Waals surface area contributed by atoms with Crippen molar-refractivity contribution in [1.82, 2.24) is 9.88 Å². The Balaban J connectivity index is 2.00. The van der Waals surface area contributed by atoms with Gasteiger partial charge >= 0.3 is 12.0 Å². The van der Waals surface area contributed by atoms with E-state index >= 15 is 0 Å². The van der Waals surface area contributed by atoms with Crippen LogP contribution in [0.25, 0.3) is 0 Å². The monoisotopic (exact) mass is 263 g/mol. The molecule has 6 heteroatoms. The Morgan fingerprint density at radius 1 is 1.53 bits per heavy atom. The smallest absolute Gasteiger partial charge is 0.354 e. The number of carbonyl (C=O) groups excluding carboxylic acids is 1. The lowest BCUT2D eigenvalue weighted by Gasteiger charge is -2.23. The van der Waals surface area contributed by atoms with Crippen molar-refractivity contribution in [3.63, 3.8) is 0 Å². The number of rotatable bonds is 3. The van der Waals surface area contributed by atoms with E-state index < -0.39 is 5.97 Å². The van der Waals surface area contributed by atoms with Crippen LogP contribution < -0.4 is 5.32 Å². The summed E-state index contributed by atoms with van der Waals surface area (Å²) in [7, 11) is 0. The normalized spacial score (nSPS) is 18.4. The minimum atomic E-state index is -1.08. The molecule has 1 fully saturated rings. The molecule has 1 aliphatic heterocycles. The van der Waals surface area contributed by atoms with Crippen LogP contribution in [0.3, 0.4) is 0 Å². The summed E-state index contributed by atoms with van der Waals surface area (Å²) in [6, 6.07) is 3.07. The fraction of sp³-hybridized carbons (Fsp3) is 0.462. The highest BCUT2D eigenvalue weighted by Crippen LogP contribution is 2.20. The first-order valence-corrected chi connectivity index (χ1v) is 6.38. The molecule has 0 aliphatic carbocycles. The quantitative estimate of drug-likeness (QED) is 0.875. The second kappa shape index (κ2) is 5.69. The largest absolute Gasteiger partial charge is 0.477 e. The van der Waals surface area contributed by atoms with Crippen LogP contribution in [0.1, 0.15) is 36.7 Å². The Bertz CT molecular complexity index is 473. The standard InChI is InChI=1S/C13H17N3O3/c1-2-10-4-3-7-16(10)13(19)15-9-5-6-11(12(17)18)14-8-9/h5-6,8,10H,2-4,7H2,1H3,(H,15,19)(H,17,18). The van der Waals surface area contributed by atoms with Gasteiger partial charge in [0, 0.05) is 12.6 Å². The molecule has 0 spiro atoms. The van der Waals surface area contributed by atoms with Gasteiger partial charge in [0.15, 0.2) is 0 Å². The number of carbonyl (C=O) groups is 2. The number of amides is 2. The molecule has 1 aliphatic rings. The Morgan fingerprint density at radius 2 is 2.32 bits per heavy atom. The van der Waals surface area contributed by atoms with Crippen molar-refractivity contribution >= 4 is 17.7 Å². The van der Waals surface area contributed by atoms with Crippen molar-refractivity contribution in [2.24, 2.45) is 0 Å². The molecular formula is C13H17N3O3. The number of pyridine rings is 1. The van der Waals surface area contributed by atoms with Crippen molar-refractivity contribution in [2.75, 3.05) is 11.9 Å². The summed E-state index contributed by atoms with van der Waals surface area (Å²) in [5, 5.41) is 11.5. The molecule has 6 nitrogen and oxygen atoms in total. The highest BCUT2D eigenvalue weighted by atomic mass is 16.4. The minimum absolute atomic E-state index is 0.0365. The number of aromatic carboxylic acids is 1. The van der Waals surface area contributed by atoms with Gasteiger partial charge in [0.25, 0.3) is 0 Å². The summed E-state index contributed by atoms with van der Waals surface area (Å²) in [6.45, 7) is 2.84. The van der Waals surface area contributed by atoms with Crippen LogP contribution in [-0.4, -0.2) is 39.6 Å². The molecule has 0 aromatic carbocycles. The summed E-state index contributed by atoms with van der Waals surface area (Å²) >= 11 is 0. The topological polar surface area (TPSA) is 82.5 Å². The zero-order valence-electron chi connectivity index (χ0n) is 10.8. The highest BCUT2D eigenvalue weighted by molar-refractivity contribution is 5.90. The third-order valence-corrected chi connectivity index (χ3v) is 3.34. The molecule has 0 radical (unpaired) electrons. The molecule has 1 unspecified atom stereocenters. The molecule has 2 N–H and O–H groups in total. The average molecular weight is 263 g/mol. The second-order valence-electron chi connectivity index (χ2n) is 4.57. The fourth-order valence-corrected chi connectivity index (χ4v) is 2.32. The van der Waals surface area contributed by atoms with E-state index in [1.807, 2.05) is 4.90 Å². The number of hydrogen-bond acceptors (Lipinski definition) is 3. The van der Waals surface area contributed by atoms with Crippen LogP contribution in [0.15, 0.2) is 18.3 Å². The number of carboxylic acid groups (broad SMARTS) is 1. The molecule has 2 heterocycles. The van der Waals surface area contributed by atoms with Gasteiger partial charge in [-0.25, -0.2) is 14.6 Å². The van der Waals surface area contributed by atoms with Crippen molar-refractivity contribution in [3.8, 4) is 0 Å². The first kappa shape index (κ1) is 13.3. The number of hydrogen-bond donors (Lipinski definition) is 2. The SMILES string of the molecule is CCC1CCCN1C(=O)Nc1ccc(C(=O)O)nc1. The van der Waals surface area contributed by atoms with E-state index in [0.717, 1.165) is 25.8 Å². The average Bonchev–Trinajstić information content (AvgIpc) is 2.87. The third-order valence-electron chi connectivity index (χ3n) is 3.34. The van der Waals surface area contributed by atoms with E-state index in [1.54, 1.807) is 6.07 Å². The number of urea groups is 1. The van der Waals surface area contributed by atoms with E-state index in [9.17, 15) is 9.59 Å². The number of nitrogens with one attached hydrogen (secondary N) is 1. The number of likely N-dealkylation sites (tertiary alicyclic amines) is 1. The zero-order valence-corrected chi connectivity index (χ0v) is 10.8. The van der Waals surface area contributed by atoms with Crippen LogP contribution >= 0.6 is 0 Å². The van der Waals surface area contributed by atoms with Crippen LogP contribution in [0.4, 0.5) is 10.5 Å². The van der Waals surface area contributed by atoms with Gasteiger partial charge in [0.05, 0.1) is 11.9 Å². The number of carboxylic acids is 1. The molecule has 0 saturated carbocycles. The van der Waals surface area contributed by atoms with Crippen LogP contribution in [0, 0.1) is 0 Å². The lowest BCUT2D eigenvalue weighted by atomic mass is 10.2. The summed E-state index contributed by atoms with van der Waals surface area (Å²) in [6.07, 6.45) is 4.38. The summed E-state index contributed by atoms with van der Waals surface area (Å²) in [5.41, 5.74) is 0.474. The van der Waals surface area contributed by atoms with Crippen molar-refractivity contribution in [2.45, 2.75) is 32.2 Å². The Morgan fingerprint density at radius 3 is 2.89 bits per heavy atom. The van der Waals surface area contributed by atoms with Crippen molar-refractivity contribution in [1.29, 1.82) is 0 Å². The summed E-state index contributed by atoms with van der Waals surface area (Å²) in [4.78, 5) is 28.3. The third kappa shape index (κ3) is 3.01. The van der Waals surface area contributed by atoms with E-state index in [2.05, 4.69) is 17.2 Å². The van der Waals surface area contributed by atoms with Gasteiger partial charge in [-0.1, -0.05) is 6.92 Å². The first-order valence-electron chi connectivity index (χ1n) is 6.38. The van der Waals surface area contributed by atoms with Gasteiger partial charge in [0.2, 0.25) is 0 Å². The fourth-order valence-electron chi connectivity index (χ4n) is 2.32. The van der Waals surface area contributed by atoms with E-state index in [4.69, 9.17) is 5.11 Å². The first-order chi connectivity index (χ1) is 9.11. The lowest BCUT2D eigenvalue weighted by Crippen LogP contribution is -2.38. The number of aromatic nitrogens is 1. The van der Waals surface area contributed by atoms with Crippen LogP contribution in [-0.2, 0) is 0 Å². The maximum absolute atomic E-state index is 12.1. The maximum Gasteiger partial charge on any atom is 0.354 e. The lowest BCUT2D eigenvalue weighted by molar-refractivity contribution is 0.0690. The molecule has 2 amide bonds. The molecule has 1 aromatic rings. The molecule has 19 heavy (non-hydrogen) atoms. The molecule has 1 atom stereocenters. The number of nitrogens with zero attached hydrogens (tertiary/aromatic N) is 2. The maximum atomic E-state index is 12.1. The van der Waals surface area contributed by atoms with Crippen LogP contribution in [0.2, 0.25) is 0 Å². The Kier molecular flexibility index (Phi) is 3.99. The Hall–Kier alpha value is -2.11. The zero-order chi connectivity index (χ0) is 13.8. The summed E-state index contributed by atoms with van der Waals surface area (Å²) < 4.78 is 0. The van der Waals surface area contributed by atoms with Gasteiger partial charge in [-0.3, -0.25) is 0 Å². The van der Waals surface area contributed by atoms with Gasteiger partial charge < -0.3 is 15.3 Å². The molecule has 102 valence electrons. The molecular weight excluding hydrogens is 246 g/mol. The minimum Gasteiger partial charge on any atom is -0.477 e. The van der Waals surface area contributed by atoms with Crippen molar-refractivity contribution < 1.29 is 14.7 Å². The molecule has 0 bridgehead atoms. The van der Waals surface area contributed by atoms with E-state index in [1.165, 1.54) is 12.3 Å². The van der Waals surface area contributed by atoms with E-state index in [-0.39, 0.29) is 11.7 Å². The van der Waals surface area contributed by atoms with Crippen LogP contribution in [0.5, 0.6) is 0 Å². The second-order valence-corrected chi connectivity index (χ2v) is 4.57. The van der Waals surface area contributed by atoms with Crippen molar-refractivity contribution in [3.05, 3.63) is 24.0 Å². The predicted molar refractivity (Wildman–Crippen MR) is 70.2 cm³/mol. The molecule has 2 rings (SSSR count).